The molecule has 6 aliphatic rings. The largest absolute Gasteiger partial charge is 0.504 e. The number of aromatic hydroxyl groups is 1. The second kappa shape index (κ2) is 13.4. The maximum Gasteiger partial charge on any atom is 0.242 e. The third kappa shape index (κ3) is 5.45. The van der Waals surface area contributed by atoms with E-state index in [1.807, 2.05) is 29.2 Å². The first-order valence-corrected chi connectivity index (χ1v) is 18.6. The van der Waals surface area contributed by atoms with Gasteiger partial charge in [0.25, 0.3) is 0 Å². The smallest absolute Gasteiger partial charge is 0.242 e. The molecular weight excluding hydrogens is 698 g/mol. The highest BCUT2D eigenvalue weighted by Gasteiger charge is 2.55. The number of phenolic OH excluding ortho intramolecular Hbond substituents is 1. The number of aliphatic hydroxyl groups is 3. The molecule has 3 saturated heterocycles. The van der Waals surface area contributed by atoms with Crippen LogP contribution in [0.3, 0.4) is 0 Å². The molecular formula is C39H43N5O10. The standard InChI is InChI=1S/C39H43N5O10/c40-38-42-35-26(36(51)43-38)41-17-44(35)24-11-5-4-8-19(24)18-12-15-52-39(13-6-1-7-14-39)34-31(49)30(48)32(50)37(54-34)53-33-22(18)16-23-25(29(33)47)28(46)21-10-3-2-9-20(21)27(23)45/h2-5,8-11,16,18,26,30-32,34-35,37-38,41-42,47-50H,1,6-7,12-15,17,40H2,(H,43,51). The van der Waals surface area contributed by atoms with Gasteiger partial charge in [0.2, 0.25) is 12.2 Å². The van der Waals surface area contributed by atoms with Crippen LogP contribution in [0.1, 0.15) is 87.4 Å². The van der Waals surface area contributed by atoms with Gasteiger partial charge in [-0.1, -0.05) is 61.7 Å². The summed E-state index contributed by atoms with van der Waals surface area (Å²) in [5.74, 6) is -2.79. The fourth-order valence-electron chi connectivity index (χ4n) is 9.39. The number of anilines is 1. The van der Waals surface area contributed by atoms with Crippen molar-refractivity contribution in [3.63, 3.8) is 0 Å². The van der Waals surface area contributed by atoms with Crippen LogP contribution in [0.15, 0.2) is 54.6 Å². The zero-order valence-electron chi connectivity index (χ0n) is 29.3. The summed E-state index contributed by atoms with van der Waals surface area (Å²) in [5.41, 5.74) is 6.93. The molecule has 2 aliphatic carbocycles. The van der Waals surface area contributed by atoms with Crippen molar-refractivity contribution in [2.24, 2.45) is 5.73 Å². The van der Waals surface area contributed by atoms with E-state index >= 15 is 0 Å². The van der Waals surface area contributed by atoms with E-state index in [1.165, 1.54) is 6.07 Å². The van der Waals surface area contributed by atoms with E-state index in [0.717, 1.165) is 30.5 Å². The van der Waals surface area contributed by atoms with Crippen molar-refractivity contribution < 1.29 is 49.0 Å². The van der Waals surface area contributed by atoms with Crippen LogP contribution < -0.4 is 31.3 Å². The second-order valence-electron chi connectivity index (χ2n) is 15.1. The highest BCUT2D eigenvalue weighted by Crippen LogP contribution is 2.50. The van der Waals surface area contributed by atoms with Gasteiger partial charge in [-0.3, -0.25) is 30.8 Å². The number of amides is 1. The van der Waals surface area contributed by atoms with E-state index in [4.69, 9.17) is 19.9 Å². The molecule has 9 atom stereocenters. The van der Waals surface area contributed by atoms with Crippen LogP contribution in [0.5, 0.6) is 11.5 Å². The Morgan fingerprint density at radius 1 is 0.852 bits per heavy atom. The number of aliphatic hydroxyl groups excluding tert-OH is 3. The van der Waals surface area contributed by atoms with Gasteiger partial charge in [-0.2, -0.15) is 0 Å². The van der Waals surface area contributed by atoms with Crippen molar-refractivity contribution >= 4 is 23.2 Å². The predicted octanol–water partition coefficient (Wildman–Crippen LogP) is 0.633. The van der Waals surface area contributed by atoms with Crippen LogP contribution in [0.4, 0.5) is 5.69 Å². The predicted molar refractivity (Wildman–Crippen MR) is 191 cm³/mol. The number of fused-ring (bicyclic) bond motifs is 7. The van der Waals surface area contributed by atoms with Gasteiger partial charge in [-0.25, -0.2) is 0 Å². The van der Waals surface area contributed by atoms with Crippen LogP contribution >= 0.6 is 0 Å². The van der Waals surface area contributed by atoms with Crippen molar-refractivity contribution in [3.05, 3.63) is 88.0 Å². The van der Waals surface area contributed by atoms with Crippen molar-refractivity contribution in [2.45, 2.75) is 99.2 Å². The molecule has 4 fully saturated rings. The number of ketones is 2. The summed E-state index contributed by atoms with van der Waals surface area (Å²) in [7, 11) is 0. The number of rotatable bonds is 2. The lowest BCUT2D eigenvalue weighted by Crippen LogP contribution is -2.70. The highest BCUT2D eigenvalue weighted by molar-refractivity contribution is 6.29. The SMILES string of the molecule is NC1NC(=O)C2NCN(c3ccccc3C3CCOC4(CCCCC4)C4OC(Oc5c3cc3c(c5O)C(=O)c5ccccc5C3=O)C(O)C(O)C4O)C2N1. The van der Waals surface area contributed by atoms with E-state index < -0.39 is 78.0 Å². The summed E-state index contributed by atoms with van der Waals surface area (Å²) < 4.78 is 19.6. The number of nitrogens with two attached hydrogens (primary N) is 1. The van der Waals surface area contributed by atoms with Gasteiger partial charge in [0, 0.05) is 40.5 Å². The van der Waals surface area contributed by atoms with E-state index in [-0.39, 0.29) is 53.6 Å². The van der Waals surface area contributed by atoms with Crippen molar-refractivity contribution in [1.29, 1.82) is 0 Å². The number of ether oxygens (including phenoxy) is 3. The normalized spacial score (nSPS) is 33.1. The minimum atomic E-state index is -1.76. The molecule has 9 rings (SSSR count). The molecule has 9 N–H and O–H groups in total. The number of nitrogens with one attached hydrogen (secondary N) is 3. The molecule has 3 aromatic rings. The lowest BCUT2D eigenvalue weighted by Gasteiger charge is -2.50. The third-order valence-electron chi connectivity index (χ3n) is 12.0. The van der Waals surface area contributed by atoms with Crippen LogP contribution in [-0.4, -0.2) is 106 Å². The fraction of sp³-hybridized carbons (Fsp3) is 0.462. The number of carbonyl (C=O) groups is 3. The molecule has 3 aromatic carbocycles. The van der Waals surface area contributed by atoms with Crippen molar-refractivity contribution in [3.8, 4) is 11.5 Å². The molecule has 0 radical (unpaired) electrons. The van der Waals surface area contributed by atoms with Gasteiger partial charge >= 0.3 is 0 Å². The second-order valence-corrected chi connectivity index (χ2v) is 15.1. The number of carbonyl (C=O) groups excluding carboxylic acids is 3. The van der Waals surface area contributed by atoms with Crippen molar-refractivity contribution in [1.82, 2.24) is 16.0 Å². The van der Waals surface area contributed by atoms with E-state index in [1.54, 1.807) is 24.3 Å². The first-order valence-electron chi connectivity index (χ1n) is 18.6. The topological polar surface area (TPSA) is 225 Å². The molecule has 1 amide bonds. The average molecular weight is 742 g/mol. The maximum absolute atomic E-state index is 14.1. The molecule has 1 saturated carbocycles. The van der Waals surface area contributed by atoms with Gasteiger partial charge < -0.3 is 44.9 Å². The Balaban J connectivity index is 1.24. The van der Waals surface area contributed by atoms with Crippen LogP contribution in [-0.2, 0) is 14.3 Å². The maximum atomic E-state index is 14.1. The lowest BCUT2D eigenvalue weighted by atomic mass is 9.76. The molecule has 9 unspecified atom stereocenters. The molecule has 15 heteroatoms. The summed E-state index contributed by atoms with van der Waals surface area (Å²) in [4.78, 5) is 43.1. The summed E-state index contributed by atoms with van der Waals surface area (Å²) in [6, 6.07) is 14.9. The van der Waals surface area contributed by atoms with Crippen LogP contribution in [0, 0.1) is 0 Å². The van der Waals surface area contributed by atoms with Gasteiger partial charge in [0.15, 0.2) is 23.1 Å². The van der Waals surface area contributed by atoms with E-state index in [2.05, 4.69) is 16.0 Å². The van der Waals surface area contributed by atoms with E-state index in [9.17, 15) is 34.8 Å². The Morgan fingerprint density at radius 3 is 2.35 bits per heavy atom. The zero-order valence-corrected chi connectivity index (χ0v) is 29.3. The number of hydrogen-bond donors (Lipinski definition) is 8. The Morgan fingerprint density at radius 2 is 1.57 bits per heavy atom. The summed E-state index contributed by atoms with van der Waals surface area (Å²) in [6.07, 6.45) is -5.12. The molecule has 2 bridgehead atoms. The molecule has 284 valence electrons. The molecule has 0 aromatic heterocycles. The zero-order chi connectivity index (χ0) is 37.5. The number of phenols is 1. The molecule has 4 heterocycles. The van der Waals surface area contributed by atoms with Crippen LogP contribution in [0.25, 0.3) is 0 Å². The molecule has 4 aliphatic heterocycles. The fourth-order valence-corrected chi connectivity index (χ4v) is 9.39. The Kier molecular flexibility index (Phi) is 8.74. The molecule has 54 heavy (non-hydrogen) atoms. The monoisotopic (exact) mass is 741 g/mol. The minimum Gasteiger partial charge on any atom is -0.504 e. The number of benzene rings is 3. The van der Waals surface area contributed by atoms with Crippen molar-refractivity contribution in [2.75, 3.05) is 18.2 Å². The average Bonchev–Trinajstić information content (AvgIpc) is 3.60. The molecule has 1 spiro atoms. The van der Waals surface area contributed by atoms with Gasteiger partial charge in [-0.05, 0) is 37.0 Å². The Labute approximate surface area is 310 Å². The number of para-hydroxylation sites is 1. The minimum absolute atomic E-state index is 0.0153. The van der Waals surface area contributed by atoms with Gasteiger partial charge in [-0.15, -0.1) is 0 Å². The summed E-state index contributed by atoms with van der Waals surface area (Å²) in [6.45, 7) is 0.408. The first-order chi connectivity index (χ1) is 26.1. The summed E-state index contributed by atoms with van der Waals surface area (Å²) in [5, 5.41) is 55.3. The number of hydrogen-bond acceptors (Lipinski definition) is 14. The van der Waals surface area contributed by atoms with E-state index in [0.29, 0.717) is 18.4 Å². The Hall–Kier alpha value is -4.45. The Bertz CT molecular complexity index is 2020. The number of nitrogens with zero attached hydrogens (tertiary/aromatic N) is 1. The van der Waals surface area contributed by atoms with Crippen LogP contribution in [0.2, 0.25) is 0 Å². The molecule has 15 nitrogen and oxygen atoms in total. The quantitative estimate of drug-likeness (QED) is 0.141. The van der Waals surface area contributed by atoms with Gasteiger partial charge in [0.05, 0.1) is 17.8 Å². The first kappa shape index (κ1) is 35.3. The third-order valence-corrected chi connectivity index (χ3v) is 12.0. The lowest BCUT2D eigenvalue weighted by molar-refractivity contribution is -0.314. The highest BCUT2D eigenvalue weighted by atomic mass is 16.7. The summed E-state index contributed by atoms with van der Waals surface area (Å²) >= 11 is 0. The van der Waals surface area contributed by atoms with Gasteiger partial charge in [0.1, 0.15) is 42.9 Å².